The van der Waals surface area contributed by atoms with Crippen LogP contribution in [0.15, 0.2) is 41.8 Å². The third-order valence-corrected chi connectivity index (χ3v) is 4.35. The second-order valence-electron chi connectivity index (χ2n) is 4.71. The third kappa shape index (κ3) is 2.20. The molecule has 1 aliphatic heterocycles. The van der Waals surface area contributed by atoms with Crippen molar-refractivity contribution in [2.24, 2.45) is 0 Å². The van der Waals surface area contributed by atoms with Gasteiger partial charge in [-0.1, -0.05) is 24.3 Å². The van der Waals surface area contributed by atoms with E-state index in [0.29, 0.717) is 6.42 Å². The van der Waals surface area contributed by atoms with E-state index in [0.717, 1.165) is 16.1 Å². The van der Waals surface area contributed by atoms with Crippen LogP contribution in [0.1, 0.15) is 16.4 Å². The van der Waals surface area contributed by atoms with E-state index in [2.05, 4.69) is 0 Å². The van der Waals surface area contributed by atoms with Crippen molar-refractivity contribution >= 4 is 28.9 Å². The molecule has 4 nitrogen and oxygen atoms in total. The van der Waals surface area contributed by atoms with Gasteiger partial charge in [-0.3, -0.25) is 9.59 Å². The van der Waals surface area contributed by atoms with Gasteiger partial charge >= 0.3 is 5.97 Å². The molecule has 1 aromatic carbocycles. The fourth-order valence-corrected chi connectivity index (χ4v) is 3.21. The number of carboxylic acids is 1. The highest BCUT2D eigenvalue weighted by Crippen LogP contribution is 2.36. The first kappa shape index (κ1) is 12.9. The Kier molecular flexibility index (Phi) is 3.28. The van der Waals surface area contributed by atoms with Gasteiger partial charge in [0.1, 0.15) is 5.92 Å². The first-order chi connectivity index (χ1) is 9.66. The van der Waals surface area contributed by atoms with Gasteiger partial charge in [-0.05, 0) is 23.1 Å². The summed E-state index contributed by atoms with van der Waals surface area (Å²) in [6, 6.07) is 11.1. The average Bonchev–Trinajstić information content (AvgIpc) is 3.05. The molecule has 0 aliphatic carbocycles. The lowest BCUT2D eigenvalue weighted by Crippen LogP contribution is -2.32. The monoisotopic (exact) mass is 287 g/mol. The second kappa shape index (κ2) is 5.09. The van der Waals surface area contributed by atoms with E-state index in [1.807, 2.05) is 35.7 Å². The van der Waals surface area contributed by atoms with Gasteiger partial charge in [-0.15, -0.1) is 11.3 Å². The Morgan fingerprint density at radius 2 is 2.05 bits per heavy atom. The van der Waals surface area contributed by atoms with Gasteiger partial charge in [0.15, 0.2) is 0 Å². The Morgan fingerprint density at radius 1 is 1.25 bits per heavy atom. The molecule has 0 spiro atoms. The molecular weight excluding hydrogens is 274 g/mol. The van der Waals surface area contributed by atoms with Crippen molar-refractivity contribution in [3.05, 3.63) is 52.2 Å². The predicted octanol–water partition coefficient (Wildman–Crippen LogP) is 2.51. The van der Waals surface area contributed by atoms with Crippen molar-refractivity contribution in [3.63, 3.8) is 0 Å². The highest BCUT2D eigenvalue weighted by Gasteiger charge is 2.36. The van der Waals surface area contributed by atoms with Crippen LogP contribution in [0.5, 0.6) is 0 Å². The van der Waals surface area contributed by atoms with Crippen LogP contribution in [0.25, 0.3) is 0 Å². The number of benzene rings is 1. The number of carboxylic acid groups (broad SMARTS) is 1. The number of hydrogen-bond donors (Lipinski definition) is 1. The van der Waals surface area contributed by atoms with Gasteiger partial charge in [0.05, 0.1) is 6.42 Å². The van der Waals surface area contributed by atoms with Gasteiger partial charge in [-0.2, -0.15) is 0 Å². The normalized spacial score (nSPS) is 17.0. The molecule has 1 aromatic heterocycles. The Bertz CT molecular complexity index is 651. The summed E-state index contributed by atoms with van der Waals surface area (Å²) in [7, 11) is 0. The number of anilines is 1. The summed E-state index contributed by atoms with van der Waals surface area (Å²) in [5.74, 6) is -1.56. The number of fused-ring (bicyclic) bond motifs is 1. The predicted molar refractivity (Wildman–Crippen MR) is 77.2 cm³/mol. The molecule has 1 N–H and O–H groups in total. The molecule has 102 valence electrons. The fourth-order valence-electron chi connectivity index (χ4n) is 2.51. The standard InChI is InChI=1S/C15H13NO3S/c17-14(8-10-4-3-7-20-10)16-9-12(15(18)19)11-5-1-2-6-13(11)16/h1-7,12H,8-9H2,(H,18,19). The molecule has 20 heavy (non-hydrogen) atoms. The van der Waals surface area contributed by atoms with E-state index in [4.69, 9.17) is 0 Å². The van der Waals surface area contributed by atoms with E-state index >= 15 is 0 Å². The molecule has 0 saturated heterocycles. The van der Waals surface area contributed by atoms with Gasteiger partial charge in [-0.25, -0.2) is 0 Å². The number of rotatable bonds is 3. The largest absolute Gasteiger partial charge is 0.481 e. The fraction of sp³-hybridized carbons (Fsp3) is 0.200. The van der Waals surface area contributed by atoms with Crippen molar-refractivity contribution in [1.82, 2.24) is 0 Å². The molecular formula is C15H13NO3S. The number of hydrogen-bond acceptors (Lipinski definition) is 3. The van der Waals surface area contributed by atoms with Crippen LogP contribution in [0.3, 0.4) is 0 Å². The number of para-hydroxylation sites is 1. The Hall–Kier alpha value is -2.14. The van der Waals surface area contributed by atoms with Crippen LogP contribution >= 0.6 is 11.3 Å². The van der Waals surface area contributed by atoms with Crippen LogP contribution in [-0.2, 0) is 16.0 Å². The van der Waals surface area contributed by atoms with Crippen LogP contribution in [0.2, 0.25) is 0 Å². The maximum atomic E-state index is 12.4. The molecule has 0 bridgehead atoms. The van der Waals surface area contributed by atoms with E-state index in [1.54, 1.807) is 11.0 Å². The lowest BCUT2D eigenvalue weighted by atomic mass is 10.0. The second-order valence-corrected chi connectivity index (χ2v) is 5.74. The van der Waals surface area contributed by atoms with Crippen molar-refractivity contribution in [2.75, 3.05) is 11.4 Å². The summed E-state index contributed by atoms with van der Waals surface area (Å²) in [6.45, 7) is 0.221. The Labute approximate surface area is 120 Å². The first-order valence-electron chi connectivity index (χ1n) is 6.31. The van der Waals surface area contributed by atoms with Gasteiger partial charge in [0.25, 0.3) is 0 Å². The van der Waals surface area contributed by atoms with Gasteiger partial charge in [0.2, 0.25) is 5.91 Å². The minimum atomic E-state index is -0.885. The lowest BCUT2D eigenvalue weighted by Gasteiger charge is -2.17. The highest BCUT2D eigenvalue weighted by molar-refractivity contribution is 7.10. The van der Waals surface area contributed by atoms with E-state index < -0.39 is 11.9 Å². The molecule has 1 amide bonds. The summed E-state index contributed by atoms with van der Waals surface area (Å²) in [6.07, 6.45) is 0.318. The maximum absolute atomic E-state index is 12.4. The summed E-state index contributed by atoms with van der Waals surface area (Å²) >= 11 is 1.53. The number of carbonyl (C=O) groups is 2. The van der Waals surface area contributed by atoms with Crippen molar-refractivity contribution in [3.8, 4) is 0 Å². The number of carbonyl (C=O) groups excluding carboxylic acids is 1. The lowest BCUT2D eigenvalue weighted by molar-refractivity contribution is -0.138. The van der Waals surface area contributed by atoms with Crippen LogP contribution in [0.4, 0.5) is 5.69 Å². The zero-order valence-corrected chi connectivity index (χ0v) is 11.5. The van der Waals surface area contributed by atoms with Crippen LogP contribution in [-0.4, -0.2) is 23.5 Å². The third-order valence-electron chi connectivity index (χ3n) is 3.47. The molecule has 0 saturated carbocycles. The maximum Gasteiger partial charge on any atom is 0.312 e. The van der Waals surface area contributed by atoms with Crippen LogP contribution in [0, 0.1) is 0 Å². The molecule has 0 fully saturated rings. The molecule has 3 rings (SSSR count). The summed E-state index contributed by atoms with van der Waals surface area (Å²) in [5, 5.41) is 11.2. The van der Waals surface area contributed by atoms with E-state index in [1.165, 1.54) is 11.3 Å². The van der Waals surface area contributed by atoms with Crippen LogP contribution < -0.4 is 4.90 Å². The highest BCUT2D eigenvalue weighted by atomic mass is 32.1. The quantitative estimate of drug-likeness (QED) is 0.943. The van der Waals surface area contributed by atoms with E-state index in [-0.39, 0.29) is 12.5 Å². The average molecular weight is 287 g/mol. The minimum Gasteiger partial charge on any atom is -0.481 e. The smallest absolute Gasteiger partial charge is 0.312 e. The first-order valence-corrected chi connectivity index (χ1v) is 7.19. The molecule has 1 aliphatic rings. The SMILES string of the molecule is O=C(O)C1CN(C(=O)Cc2cccs2)c2ccccc21. The van der Waals surface area contributed by atoms with Crippen molar-refractivity contribution in [2.45, 2.75) is 12.3 Å². The molecule has 5 heteroatoms. The number of thiophene rings is 1. The zero-order chi connectivity index (χ0) is 14.1. The zero-order valence-electron chi connectivity index (χ0n) is 10.7. The summed E-state index contributed by atoms with van der Waals surface area (Å²) in [4.78, 5) is 26.3. The topological polar surface area (TPSA) is 57.6 Å². The van der Waals surface area contributed by atoms with Gasteiger partial charge in [0, 0.05) is 17.1 Å². The van der Waals surface area contributed by atoms with Crippen molar-refractivity contribution in [1.29, 1.82) is 0 Å². The number of amides is 1. The van der Waals surface area contributed by atoms with Crippen molar-refractivity contribution < 1.29 is 14.7 Å². The summed E-state index contributed by atoms with van der Waals surface area (Å²) in [5.41, 5.74) is 1.45. The van der Waals surface area contributed by atoms with Gasteiger partial charge < -0.3 is 10.0 Å². The molecule has 1 unspecified atom stereocenters. The molecule has 2 heterocycles. The summed E-state index contributed by atoms with van der Waals surface area (Å²) < 4.78 is 0. The van der Waals surface area contributed by atoms with E-state index in [9.17, 15) is 14.7 Å². The number of nitrogens with zero attached hydrogens (tertiary/aromatic N) is 1. The molecule has 2 aromatic rings. The minimum absolute atomic E-state index is 0.0522. The Balaban J connectivity index is 1.88. The Morgan fingerprint density at radius 3 is 2.75 bits per heavy atom. The molecule has 0 radical (unpaired) electrons. The number of aliphatic carboxylic acids is 1. The molecule has 1 atom stereocenters.